The van der Waals surface area contributed by atoms with Crippen molar-refractivity contribution in [1.29, 1.82) is 0 Å². The molecule has 8 nitrogen and oxygen atoms in total. The number of aliphatic imine (C=N–C) groups is 1. The lowest BCUT2D eigenvalue weighted by Crippen LogP contribution is -2.24. The van der Waals surface area contributed by atoms with E-state index in [1.54, 1.807) is 0 Å². The Morgan fingerprint density at radius 1 is 1.39 bits per heavy atom. The number of hydrogen-bond acceptors (Lipinski definition) is 5. The second-order valence-corrected chi connectivity index (χ2v) is 4.68. The molecule has 0 saturated carbocycles. The van der Waals surface area contributed by atoms with Gasteiger partial charge in [-0.1, -0.05) is 17.2 Å². The Morgan fingerprint density at radius 2 is 2.22 bits per heavy atom. The minimum absolute atomic E-state index is 0.132. The molecule has 1 unspecified atom stereocenters. The highest BCUT2D eigenvalue weighted by atomic mass is 16.6. The molecule has 1 rings (SSSR count). The second-order valence-electron chi connectivity index (χ2n) is 4.68. The standard InChI is InChI=1S/C15H23N5O3/c1-3-18-14(16)10-21-7-8-22-15(19-20-17)11-23-13-6-4-5-12(2)9-13/h4-6,9,15H,3,7-8,10-11H2,1-2H3,(H2,16,18). The molecule has 0 heterocycles. The highest BCUT2D eigenvalue weighted by Crippen LogP contribution is 2.13. The van der Waals surface area contributed by atoms with E-state index in [1.165, 1.54) is 0 Å². The van der Waals surface area contributed by atoms with Gasteiger partial charge in [0.2, 0.25) is 0 Å². The van der Waals surface area contributed by atoms with Crippen LogP contribution < -0.4 is 10.5 Å². The number of benzene rings is 1. The fraction of sp³-hybridized carbons (Fsp3) is 0.533. The summed E-state index contributed by atoms with van der Waals surface area (Å²) in [4.78, 5) is 6.76. The predicted octanol–water partition coefficient (Wildman–Crippen LogP) is 2.42. The summed E-state index contributed by atoms with van der Waals surface area (Å²) in [5.41, 5.74) is 15.3. The maximum Gasteiger partial charge on any atom is 0.170 e. The molecule has 0 radical (unpaired) electrons. The molecule has 126 valence electrons. The van der Waals surface area contributed by atoms with E-state index in [0.717, 1.165) is 5.56 Å². The fourth-order valence-electron chi connectivity index (χ4n) is 1.71. The number of rotatable bonds is 11. The van der Waals surface area contributed by atoms with Gasteiger partial charge in [0.15, 0.2) is 6.23 Å². The van der Waals surface area contributed by atoms with Gasteiger partial charge < -0.3 is 19.9 Å². The average Bonchev–Trinajstić information content (AvgIpc) is 2.52. The third-order valence-electron chi connectivity index (χ3n) is 2.71. The van der Waals surface area contributed by atoms with Gasteiger partial charge >= 0.3 is 0 Å². The van der Waals surface area contributed by atoms with Crippen molar-refractivity contribution < 1.29 is 14.2 Å². The number of ether oxygens (including phenoxy) is 3. The van der Waals surface area contributed by atoms with Crippen LogP contribution in [0.4, 0.5) is 0 Å². The molecule has 1 aromatic rings. The third-order valence-corrected chi connectivity index (χ3v) is 2.71. The number of nitrogens with two attached hydrogens (primary N) is 1. The molecule has 1 atom stereocenters. The van der Waals surface area contributed by atoms with Crippen LogP contribution in [0.5, 0.6) is 5.75 Å². The van der Waals surface area contributed by atoms with Crippen LogP contribution in [-0.4, -0.2) is 45.0 Å². The molecular formula is C15H23N5O3. The van der Waals surface area contributed by atoms with Crippen molar-refractivity contribution in [3.05, 3.63) is 40.3 Å². The minimum Gasteiger partial charge on any atom is -0.491 e. The molecule has 0 aliphatic carbocycles. The predicted molar refractivity (Wildman–Crippen MR) is 88.5 cm³/mol. The van der Waals surface area contributed by atoms with E-state index in [-0.39, 0.29) is 19.8 Å². The van der Waals surface area contributed by atoms with Gasteiger partial charge in [0.25, 0.3) is 0 Å². The zero-order valence-electron chi connectivity index (χ0n) is 13.5. The minimum atomic E-state index is -0.717. The van der Waals surface area contributed by atoms with Crippen molar-refractivity contribution in [3.63, 3.8) is 0 Å². The first kappa shape index (κ1) is 18.8. The van der Waals surface area contributed by atoms with Gasteiger partial charge in [-0.25, -0.2) is 0 Å². The van der Waals surface area contributed by atoms with Crippen LogP contribution in [0.15, 0.2) is 34.4 Å². The Balaban J connectivity index is 2.29. The summed E-state index contributed by atoms with van der Waals surface area (Å²) in [7, 11) is 0. The summed E-state index contributed by atoms with van der Waals surface area (Å²) >= 11 is 0. The van der Waals surface area contributed by atoms with Crippen molar-refractivity contribution in [2.24, 2.45) is 15.8 Å². The maximum absolute atomic E-state index is 8.57. The summed E-state index contributed by atoms with van der Waals surface area (Å²) in [5, 5.41) is 3.55. The number of aryl methyl sites for hydroxylation is 1. The Labute approximate surface area is 135 Å². The summed E-state index contributed by atoms with van der Waals surface area (Å²) in [6, 6.07) is 7.59. The summed E-state index contributed by atoms with van der Waals surface area (Å²) < 4.78 is 16.3. The van der Waals surface area contributed by atoms with Crippen LogP contribution in [0, 0.1) is 6.92 Å². The van der Waals surface area contributed by atoms with E-state index in [2.05, 4.69) is 15.0 Å². The molecule has 0 spiro atoms. The van der Waals surface area contributed by atoms with E-state index in [4.69, 9.17) is 25.5 Å². The molecule has 0 aromatic heterocycles. The Bertz CT molecular complexity index is 544. The second kappa shape index (κ2) is 11.3. The topological polar surface area (TPSA) is 115 Å². The molecule has 0 aliphatic rings. The average molecular weight is 321 g/mol. The number of nitrogens with zero attached hydrogens (tertiary/aromatic N) is 4. The van der Waals surface area contributed by atoms with E-state index in [1.807, 2.05) is 38.1 Å². The first-order chi connectivity index (χ1) is 11.2. The fourth-order valence-corrected chi connectivity index (χ4v) is 1.71. The van der Waals surface area contributed by atoms with E-state index >= 15 is 0 Å². The van der Waals surface area contributed by atoms with Crippen molar-refractivity contribution in [3.8, 4) is 5.75 Å². The zero-order chi connectivity index (χ0) is 16.9. The van der Waals surface area contributed by atoms with Crippen molar-refractivity contribution in [2.75, 3.05) is 33.0 Å². The van der Waals surface area contributed by atoms with Gasteiger partial charge in [0, 0.05) is 11.5 Å². The molecule has 8 heteroatoms. The van der Waals surface area contributed by atoms with E-state index in [0.29, 0.717) is 24.7 Å². The van der Waals surface area contributed by atoms with Gasteiger partial charge in [0.1, 0.15) is 24.8 Å². The smallest absolute Gasteiger partial charge is 0.170 e. The summed E-state index contributed by atoms with van der Waals surface area (Å²) in [6.07, 6.45) is -0.717. The molecule has 23 heavy (non-hydrogen) atoms. The van der Waals surface area contributed by atoms with Gasteiger partial charge in [-0.3, -0.25) is 4.99 Å². The van der Waals surface area contributed by atoms with E-state index < -0.39 is 6.23 Å². The van der Waals surface area contributed by atoms with Crippen LogP contribution in [0.1, 0.15) is 12.5 Å². The van der Waals surface area contributed by atoms with Gasteiger partial charge in [-0.05, 0) is 37.1 Å². The molecule has 0 bridgehead atoms. The molecule has 1 aromatic carbocycles. The highest BCUT2D eigenvalue weighted by molar-refractivity contribution is 5.81. The van der Waals surface area contributed by atoms with Crippen LogP contribution in [0.3, 0.4) is 0 Å². The summed E-state index contributed by atoms with van der Waals surface area (Å²) in [6.45, 7) is 5.47. The lowest BCUT2D eigenvalue weighted by Gasteiger charge is -2.14. The first-order valence-electron chi connectivity index (χ1n) is 7.37. The lowest BCUT2D eigenvalue weighted by molar-refractivity contribution is -0.00533. The highest BCUT2D eigenvalue weighted by Gasteiger charge is 2.08. The molecule has 0 aliphatic heterocycles. The third kappa shape index (κ3) is 8.67. The Kier molecular flexibility index (Phi) is 9.23. The molecule has 0 fully saturated rings. The normalized spacial score (nSPS) is 12.5. The number of azide groups is 1. The number of hydrogen-bond donors (Lipinski definition) is 1. The Morgan fingerprint density at radius 3 is 2.91 bits per heavy atom. The van der Waals surface area contributed by atoms with Crippen molar-refractivity contribution in [1.82, 2.24) is 0 Å². The lowest BCUT2D eigenvalue weighted by atomic mass is 10.2. The van der Waals surface area contributed by atoms with Gasteiger partial charge in [0.05, 0.1) is 13.2 Å². The molecule has 0 saturated heterocycles. The first-order valence-corrected chi connectivity index (χ1v) is 7.37. The summed E-state index contributed by atoms with van der Waals surface area (Å²) in [5.74, 6) is 1.15. The van der Waals surface area contributed by atoms with Crippen LogP contribution in [0.2, 0.25) is 0 Å². The van der Waals surface area contributed by atoms with E-state index in [9.17, 15) is 0 Å². The largest absolute Gasteiger partial charge is 0.491 e. The SMILES string of the molecule is CCN=C(N)COCCOC(COc1cccc(C)c1)N=[N+]=[N-]. The monoisotopic (exact) mass is 321 g/mol. The van der Waals surface area contributed by atoms with Crippen LogP contribution in [-0.2, 0) is 9.47 Å². The maximum atomic E-state index is 8.57. The zero-order valence-corrected chi connectivity index (χ0v) is 13.5. The molecule has 0 amide bonds. The van der Waals surface area contributed by atoms with Crippen LogP contribution >= 0.6 is 0 Å². The molecule has 2 N–H and O–H groups in total. The number of amidine groups is 1. The quantitative estimate of drug-likeness (QED) is 0.168. The van der Waals surface area contributed by atoms with Gasteiger partial charge in [-0.2, -0.15) is 0 Å². The van der Waals surface area contributed by atoms with Crippen LogP contribution in [0.25, 0.3) is 10.4 Å². The van der Waals surface area contributed by atoms with Gasteiger partial charge in [-0.15, -0.1) is 0 Å². The van der Waals surface area contributed by atoms with Crippen molar-refractivity contribution >= 4 is 5.84 Å². The molecular weight excluding hydrogens is 298 g/mol. The van der Waals surface area contributed by atoms with Crippen molar-refractivity contribution in [2.45, 2.75) is 20.1 Å². The Hall–Kier alpha value is -2.28.